The highest BCUT2D eigenvalue weighted by atomic mass is 32.1. The summed E-state index contributed by atoms with van der Waals surface area (Å²) in [4.78, 5) is 24.1. The summed E-state index contributed by atoms with van der Waals surface area (Å²) >= 11 is 5.43. The fourth-order valence-corrected chi connectivity index (χ4v) is 2.76. The second kappa shape index (κ2) is 11.7. The van der Waals surface area contributed by atoms with Gasteiger partial charge in [0.05, 0.1) is 30.5 Å². The quantitative estimate of drug-likeness (QED) is 0.118. The molecular weight excluding hydrogens is 406 g/mol. The zero-order chi connectivity index (χ0) is 22.8. The van der Waals surface area contributed by atoms with Gasteiger partial charge >= 0.3 is 5.97 Å². The van der Waals surface area contributed by atoms with Crippen LogP contribution in [-0.2, 0) is 14.3 Å². The molecule has 0 aliphatic carbocycles. The van der Waals surface area contributed by atoms with Crippen molar-refractivity contribution < 1.29 is 24.2 Å². The van der Waals surface area contributed by atoms with Gasteiger partial charge in [-0.05, 0) is 25.0 Å². The molecule has 162 valence electrons. The van der Waals surface area contributed by atoms with E-state index in [2.05, 4.69) is 21.9 Å². The summed E-state index contributed by atoms with van der Waals surface area (Å²) in [5.74, 6) is -1.46. The number of esters is 1. The summed E-state index contributed by atoms with van der Waals surface area (Å²) in [6.45, 7) is 9.08. The number of hydrogen-bond acceptors (Lipinski definition) is 7. The van der Waals surface area contributed by atoms with E-state index in [-0.39, 0.29) is 39.6 Å². The Balaban J connectivity index is 2.86. The van der Waals surface area contributed by atoms with Crippen LogP contribution in [0.2, 0.25) is 0 Å². The standard InChI is InChI=1S/C21H27N3O5S/c1-6-12(2)18(24-20(27)15-9-7-8-10-16(15)25)21(30)23-14(4)19(22)29-13(3)11-17(26)28-5/h7-12,18,22,25H,4,6H2,1-3,5H3,(H,23,30)(H,24,27)/b13-11+,22-19?. The molecule has 2 unspecified atom stereocenters. The van der Waals surface area contributed by atoms with Crippen LogP contribution in [0.15, 0.2) is 48.4 Å². The van der Waals surface area contributed by atoms with Crippen LogP contribution in [0.5, 0.6) is 5.75 Å². The van der Waals surface area contributed by atoms with Crippen LogP contribution in [0.4, 0.5) is 0 Å². The summed E-state index contributed by atoms with van der Waals surface area (Å²) in [5.41, 5.74) is 0.190. The van der Waals surface area contributed by atoms with Crippen molar-refractivity contribution in [1.29, 1.82) is 5.41 Å². The predicted molar refractivity (Wildman–Crippen MR) is 118 cm³/mol. The van der Waals surface area contributed by atoms with Crippen LogP contribution < -0.4 is 10.6 Å². The molecule has 0 aromatic heterocycles. The number of rotatable bonds is 9. The Hall–Kier alpha value is -3.20. The number of carbonyl (C=O) groups excluding carboxylic acids is 2. The lowest BCUT2D eigenvalue weighted by atomic mass is 9.98. The van der Waals surface area contributed by atoms with E-state index in [4.69, 9.17) is 22.4 Å². The summed E-state index contributed by atoms with van der Waals surface area (Å²) in [5, 5.41) is 23.5. The highest BCUT2D eigenvalue weighted by Crippen LogP contribution is 2.17. The minimum absolute atomic E-state index is 0.0383. The number of hydrogen-bond donors (Lipinski definition) is 4. The van der Waals surface area contributed by atoms with Crippen molar-refractivity contribution in [1.82, 2.24) is 10.6 Å². The Morgan fingerprint density at radius 1 is 1.37 bits per heavy atom. The third-order valence-electron chi connectivity index (χ3n) is 4.26. The zero-order valence-corrected chi connectivity index (χ0v) is 18.3. The molecule has 4 N–H and O–H groups in total. The maximum absolute atomic E-state index is 12.6. The van der Waals surface area contributed by atoms with E-state index in [1.165, 1.54) is 26.2 Å². The maximum atomic E-state index is 12.6. The number of amides is 1. The average molecular weight is 434 g/mol. The third-order valence-corrected chi connectivity index (χ3v) is 4.62. The molecule has 1 aromatic rings. The number of methoxy groups -OCH3 is 1. The molecule has 0 radical (unpaired) electrons. The molecule has 0 bridgehead atoms. The molecule has 1 amide bonds. The van der Waals surface area contributed by atoms with Crippen LogP contribution >= 0.6 is 12.2 Å². The Bertz CT molecular complexity index is 866. The van der Waals surface area contributed by atoms with Crippen molar-refractivity contribution in [3.63, 3.8) is 0 Å². The van der Waals surface area contributed by atoms with Crippen molar-refractivity contribution in [2.45, 2.75) is 33.2 Å². The fourth-order valence-electron chi connectivity index (χ4n) is 2.35. The van der Waals surface area contributed by atoms with Crippen LogP contribution in [0.1, 0.15) is 37.6 Å². The van der Waals surface area contributed by atoms with Gasteiger partial charge in [0.25, 0.3) is 5.91 Å². The van der Waals surface area contributed by atoms with E-state index in [0.717, 1.165) is 12.5 Å². The van der Waals surface area contributed by atoms with E-state index in [9.17, 15) is 14.7 Å². The molecule has 0 saturated carbocycles. The van der Waals surface area contributed by atoms with Crippen LogP contribution in [0.25, 0.3) is 0 Å². The molecule has 8 nitrogen and oxygen atoms in total. The Kier molecular flexibility index (Phi) is 9.70. The first kappa shape index (κ1) is 24.8. The first-order chi connectivity index (χ1) is 14.1. The van der Waals surface area contributed by atoms with Gasteiger partial charge in [0.1, 0.15) is 16.5 Å². The summed E-state index contributed by atoms with van der Waals surface area (Å²) in [6, 6.07) is 5.63. The maximum Gasteiger partial charge on any atom is 0.333 e. The molecule has 9 heteroatoms. The largest absolute Gasteiger partial charge is 0.507 e. The molecule has 30 heavy (non-hydrogen) atoms. The SMILES string of the molecule is C=C(NC(=S)C(NC(=O)c1ccccc1O)C(C)CC)C(=N)O/C(C)=C/C(=O)OC. The van der Waals surface area contributed by atoms with E-state index < -0.39 is 17.9 Å². The third kappa shape index (κ3) is 7.32. The number of ether oxygens (including phenoxy) is 2. The molecule has 0 aliphatic heterocycles. The number of carbonyl (C=O) groups is 2. The number of phenolic OH excluding ortho intramolecular Hbond substituents is 1. The van der Waals surface area contributed by atoms with E-state index in [1.807, 2.05) is 13.8 Å². The number of thiocarbonyl (C=S) groups is 1. The Labute approximate surface area is 181 Å². The second-order valence-electron chi connectivity index (χ2n) is 6.53. The van der Waals surface area contributed by atoms with Gasteiger partial charge in [0.2, 0.25) is 5.90 Å². The van der Waals surface area contributed by atoms with E-state index in [0.29, 0.717) is 0 Å². The molecule has 0 fully saturated rings. The average Bonchev–Trinajstić information content (AvgIpc) is 2.70. The Morgan fingerprint density at radius 2 is 2.00 bits per heavy atom. The zero-order valence-electron chi connectivity index (χ0n) is 17.4. The molecule has 0 heterocycles. The van der Waals surface area contributed by atoms with Crippen molar-refractivity contribution >= 4 is 35.0 Å². The summed E-state index contributed by atoms with van der Waals surface area (Å²) in [6.07, 6.45) is 1.81. The number of aromatic hydroxyl groups is 1. The van der Waals surface area contributed by atoms with E-state index in [1.54, 1.807) is 12.1 Å². The van der Waals surface area contributed by atoms with Crippen LogP contribution in [-0.4, -0.2) is 41.0 Å². The number of allylic oxidation sites excluding steroid dienone is 1. The van der Waals surface area contributed by atoms with Gasteiger partial charge < -0.3 is 25.2 Å². The topological polar surface area (TPSA) is 121 Å². The molecule has 0 saturated heterocycles. The smallest absolute Gasteiger partial charge is 0.333 e. The van der Waals surface area contributed by atoms with Gasteiger partial charge in [-0.2, -0.15) is 0 Å². The highest BCUT2D eigenvalue weighted by molar-refractivity contribution is 7.80. The minimum atomic E-state index is -0.613. The summed E-state index contributed by atoms with van der Waals surface area (Å²) in [7, 11) is 1.23. The molecule has 2 atom stereocenters. The number of phenols is 1. The highest BCUT2D eigenvalue weighted by Gasteiger charge is 2.25. The van der Waals surface area contributed by atoms with Gasteiger partial charge in [0, 0.05) is 0 Å². The number of benzene rings is 1. The van der Waals surface area contributed by atoms with E-state index >= 15 is 0 Å². The predicted octanol–water partition coefficient (Wildman–Crippen LogP) is 3.04. The second-order valence-corrected chi connectivity index (χ2v) is 6.97. The molecular formula is C21H27N3O5S. The lowest BCUT2D eigenvalue weighted by Crippen LogP contribution is -2.49. The van der Waals surface area contributed by atoms with Crippen molar-refractivity contribution in [3.8, 4) is 5.75 Å². The van der Waals surface area contributed by atoms with Gasteiger partial charge in [-0.3, -0.25) is 10.2 Å². The molecule has 0 aliphatic rings. The minimum Gasteiger partial charge on any atom is -0.507 e. The van der Waals surface area contributed by atoms with Crippen LogP contribution in [0.3, 0.4) is 0 Å². The summed E-state index contributed by atoms with van der Waals surface area (Å²) < 4.78 is 9.72. The van der Waals surface area contributed by atoms with Gasteiger partial charge in [-0.1, -0.05) is 51.2 Å². The normalized spacial score (nSPS) is 12.9. The molecule has 1 rings (SSSR count). The lowest BCUT2D eigenvalue weighted by molar-refractivity contribution is -0.135. The lowest BCUT2D eigenvalue weighted by Gasteiger charge is -2.26. The monoisotopic (exact) mass is 433 g/mol. The first-order valence-corrected chi connectivity index (χ1v) is 9.63. The van der Waals surface area contributed by atoms with Gasteiger partial charge in [-0.15, -0.1) is 0 Å². The number of nitrogens with one attached hydrogen (secondary N) is 3. The first-order valence-electron chi connectivity index (χ1n) is 9.22. The van der Waals surface area contributed by atoms with Crippen molar-refractivity contribution in [3.05, 3.63) is 53.9 Å². The van der Waals surface area contributed by atoms with Crippen LogP contribution in [0, 0.1) is 11.3 Å². The Morgan fingerprint density at radius 3 is 2.57 bits per heavy atom. The molecule has 0 spiro atoms. The number of para-hydroxylation sites is 1. The van der Waals surface area contributed by atoms with Crippen molar-refractivity contribution in [2.75, 3.05) is 7.11 Å². The van der Waals surface area contributed by atoms with Crippen molar-refractivity contribution in [2.24, 2.45) is 5.92 Å². The fraction of sp³-hybridized carbons (Fsp3) is 0.333. The van der Waals surface area contributed by atoms with Gasteiger partial charge in [-0.25, -0.2) is 4.79 Å². The molecule has 1 aromatic carbocycles. The van der Waals surface area contributed by atoms with Gasteiger partial charge in [0.15, 0.2) is 0 Å².